The van der Waals surface area contributed by atoms with E-state index in [0.29, 0.717) is 18.4 Å². The van der Waals surface area contributed by atoms with E-state index in [1.54, 1.807) is 0 Å². The maximum Gasteiger partial charge on any atom is 0.241 e. The van der Waals surface area contributed by atoms with E-state index >= 15 is 0 Å². The number of benzene rings is 2. The third-order valence-corrected chi connectivity index (χ3v) is 8.34. The molecule has 0 amide bonds. The highest BCUT2D eigenvalue weighted by Crippen LogP contribution is 2.30. The lowest BCUT2D eigenvalue weighted by atomic mass is 10.0. The van der Waals surface area contributed by atoms with Gasteiger partial charge in [0.1, 0.15) is 5.82 Å². The van der Waals surface area contributed by atoms with Gasteiger partial charge in [-0.15, -0.1) is 0 Å². The molecule has 2 aromatic carbocycles. The third-order valence-electron chi connectivity index (χ3n) is 4.99. The van der Waals surface area contributed by atoms with Crippen LogP contribution in [0.25, 0.3) is 0 Å². The molecule has 0 atom stereocenters. The summed E-state index contributed by atoms with van der Waals surface area (Å²) in [5.41, 5.74) is 0.546. The van der Waals surface area contributed by atoms with Gasteiger partial charge in [-0.25, -0.2) is 25.9 Å². The Morgan fingerprint density at radius 1 is 0.966 bits per heavy atom. The molecule has 0 aromatic heterocycles. The molecule has 0 unspecified atom stereocenters. The summed E-state index contributed by atoms with van der Waals surface area (Å²) in [5.74, 6) is -0.661. The molecule has 0 spiro atoms. The molecule has 29 heavy (non-hydrogen) atoms. The molecule has 3 rings (SSSR count). The summed E-state index contributed by atoms with van der Waals surface area (Å²) in [6.45, 7) is 5.16. The summed E-state index contributed by atoms with van der Waals surface area (Å²) >= 11 is 0. The van der Waals surface area contributed by atoms with Gasteiger partial charge in [-0.1, -0.05) is 19.9 Å². The minimum atomic E-state index is -3.98. The van der Waals surface area contributed by atoms with E-state index in [0.717, 1.165) is 25.2 Å². The molecule has 1 heterocycles. The number of piperidine rings is 1. The van der Waals surface area contributed by atoms with Crippen LogP contribution in [-0.4, -0.2) is 36.0 Å². The van der Waals surface area contributed by atoms with Gasteiger partial charge in [-0.2, -0.15) is 0 Å². The minimum Gasteiger partial charge on any atom is -0.317 e. The van der Waals surface area contributed by atoms with Crippen molar-refractivity contribution < 1.29 is 21.2 Å². The van der Waals surface area contributed by atoms with Gasteiger partial charge in [0.15, 0.2) is 0 Å². The van der Waals surface area contributed by atoms with Crippen molar-refractivity contribution in [2.24, 2.45) is 0 Å². The molecular formula is C20H25FN2O4S2. The Morgan fingerprint density at radius 2 is 1.55 bits per heavy atom. The topological polar surface area (TPSA) is 92.3 Å². The van der Waals surface area contributed by atoms with Gasteiger partial charge in [-0.05, 0) is 73.8 Å². The van der Waals surface area contributed by atoms with Crippen LogP contribution >= 0.6 is 0 Å². The number of hydrogen-bond donors (Lipinski definition) is 2. The smallest absolute Gasteiger partial charge is 0.241 e. The predicted octanol–water partition coefficient (Wildman–Crippen LogP) is 2.81. The largest absolute Gasteiger partial charge is 0.317 e. The molecule has 2 aromatic rings. The lowest BCUT2D eigenvalue weighted by molar-refractivity contribution is 0.426. The summed E-state index contributed by atoms with van der Waals surface area (Å²) < 4.78 is 68.0. The lowest BCUT2D eigenvalue weighted by Gasteiger charge is -2.24. The highest BCUT2D eigenvalue weighted by atomic mass is 32.2. The van der Waals surface area contributed by atoms with E-state index < -0.39 is 25.7 Å². The first-order valence-corrected chi connectivity index (χ1v) is 12.5. The summed E-state index contributed by atoms with van der Waals surface area (Å²) in [6, 6.07) is 8.41. The SMILES string of the molecule is CC(C)c1ccc(S(=O)(=O)c2ccc(F)cc2)cc1S(=O)(=O)NC1CCNCC1. The predicted molar refractivity (Wildman–Crippen MR) is 109 cm³/mol. The first-order chi connectivity index (χ1) is 13.6. The second-order valence-corrected chi connectivity index (χ2v) is 11.1. The highest BCUT2D eigenvalue weighted by Gasteiger charge is 2.28. The fourth-order valence-corrected chi connectivity index (χ4v) is 6.42. The number of sulfonamides is 1. The van der Waals surface area contributed by atoms with Gasteiger partial charge < -0.3 is 5.32 Å². The molecule has 1 fully saturated rings. The average molecular weight is 441 g/mol. The molecule has 6 nitrogen and oxygen atoms in total. The Bertz CT molecular complexity index is 1080. The fourth-order valence-electron chi connectivity index (χ4n) is 3.36. The lowest BCUT2D eigenvalue weighted by Crippen LogP contribution is -2.42. The fraction of sp³-hybridized carbons (Fsp3) is 0.400. The van der Waals surface area contributed by atoms with Crippen LogP contribution in [0.3, 0.4) is 0 Å². The number of nitrogens with one attached hydrogen (secondary N) is 2. The molecule has 1 aliphatic rings. The number of sulfone groups is 1. The Labute approximate surface area is 171 Å². The Morgan fingerprint density at radius 3 is 2.14 bits per heavy atom. The number of halogens is 1. The van der Waals surface area contributed by atoms with Crippen molar-refractivity contribution in [2.45, 2.75) is 53.3 Å². The van der Waals surface area contributed by atoms with Gasteiger partial charge in [0.05, 0.1) is 14.7 Å². The maximum atomic E-state index is 13.2. The van der Waals surface area contributed by atoms with Crippen LogP contribution in [0.5, 0.6) is 0 Å². The van der Waals surface area contributed by atoms with Crippen molar-refractivity contribution in [1.82, 2.24) is 10.0 Å². The van der Waals surface area contributed by atoms with Crippen molar-refractivity contribution in [3.63, 3.8) is 0 Å². The van der Waals surface area contributed by atoms with E-state index in [1.807, 2.05) is 13.8 Å². The molecule has 0 saturated carbocycles. The van der Waals surface area contributed by atoms with E-state index in [4.69, 9.17) is 0 Å². The summed E-state index contributed by atoms with van der Waals surface area (Å²) in [5, 5.41) is 3.18. The van der Waals surface area contributed by atoms with Gasteiger partial charge in [0.2, 0.25) is 19.9 Å². The van der Waals surface area contributed by atoms with Gasteiger partial charge in [0.25, 0.3) is 0 Å². The minimum absolute atomic E-state index is 0.0331. The van der Waals surface area contributed by atoms with Crippen molar-refractivity contribution in [3.05, 3.63) is 53.8 Å². The average Bonchev–Trinajstić information content (AvgIpc) is 2.68. The number of rotatable bonds is 6. The molecule has 1 saturated heterocycles. The van der Waals surface area contributed by atoms with Crippen LogP contribution in [-0.2, 0) is 19.9 Å². The molecule has 9 heteroatoms. The van der Waals surface area contributed by atoms with E-state index in [9.17, 15) is 21.2 Å². The zero-order chi connectivity index (χ0) is 21.2. The zero-order valence-corrected chi connectivity index (χ0v) is 18.0. The molecule has 0 bridgehead atoms. The van der Waals surface area contributed by atoms with Crippen LogP contribution in [0.4, 0.5) is 4.39 Å². The molecule has 1 aliphatic heterocycles. The molecule has 0 radical (unpaired) electrons. The number of hydrogen-bond acceptors (Lipinski definition) is 5. The van der Waals surface area contributed by atoms with Crippen molar-refractivity contribution in [2.75, 3.05) is 13.1 Å². The first kappa shape index (κ1) is 21.9. The molecule has 158 valence electrons. The van der Waals surface area contributed by atoms with Crippen LogP contribution < -0.4 is 10.0 Å². The Kier molecular flexibility index (Phi) is 6.42. The second kappa shape index (κ2) is 8.51. The Balaban J connectivity index is 2.05. The highest BCUT2D eigenvalue weighted by molar-refractivity contribution is 7.91. The van der Waals surface area contributed by atoms with E-state index in [2.05, 4.69) is 10.0 Å². The molecule has 0 aliphatic carbocycles. The van der Waals surface area contributed by atoms with Crippen molar-refractivity contribution in [3.8, 4) is 0 Å². The zero-order valence-electron chi connectivity index (χ0n) is 16.4. The van der Waals surface area contributed by atoms with Crippen LogP contribution in [0.2, 0.25) is 0 Å². The van der Waals surface area contributed by atoms with Crippen molar-refractivity contribution >= 4 is 19.9 Å². The summed E-state index contributed by atoms with van der Waals surface area (Å²) in [7, 11) is -7.89. The summed E-state index contributed by atoms with van der Waals surface area (Å²) in [4.78, 5) is -0.265. The summed E-state index contributed by atoms with van der Waals surface area (Å²) in [6.07, 6.45) is 1.34. The maximum absolute atomic E-state index is 13.2. The monoisotopic (exact) mass is 440 g/mol. The second-order valence-electron chi connectivity index (χ2n) is 7.46. The quantitative estimate of drug-likeness (QED) is 0.674. The van der Waals surface area contributed by atoms with E-state index in [1.165, 1.54) is 30.3 Å². The van der Waals surface area contributed by atoms with Crippen LogP contribution in [0, 0.1) is 5.82 Å². The normalized spacial score (nSPS) is 16.3. The van der Waals surface area contributed by atoms with Crippen LogP contribution in [0.15, 0.2) is 57.2 Å². The molecule has 2 N–H and O–H groups in total. The van der Waals surface area contributed by atoms with Gasteiger partial charge >= 0.3 is 0 Å². The van der Waals surface area contributed by atoms with E-state index in [-0.39, 0.29) is 26.6 Å². The first-order valence-electron chi connectivity index (χ1n) is 9.49. The standard InChI is InChI=1S/C20H25FN2O4S2/c1-14(2)19-8-7-18(28(24,25)17-5-3-15(21)4-6-17)13-20(19)29(26,27)23-16-9-11-22-12-10-16/h3-8,13-14,16,22-23H,9-12H2,1-2H3. The van der Waals surface area contributed by atoms with Crippen LogP contribution in [0.1, 0.15) is 38.2 Å². The van der Waals surface area contributed by atoms with Gasteiger partial charge in [-0.3, -0.25) is 0 Å². The Hall–Kier alpha value is -1.81. The van der Waals surface area contributed by atoms with Crippen molar-refractivity contribution in [1.29, 1.82) is 0 Å². The third kappa shape index (κ3) is 4.85. The molecular weight excluding hydrogens is 415 g/mol. The van der Waals surface area contributed by atoms with Gasteiger partial charge in [0, 0.05) is 6.04 Å².